The number of halogens is 1. The summed E-state index contributed by atoms with van der Waals surface area (Å²) in [4.78, 5) is 42.0. The van der Waals surface area contributed by atoms with Gasteiger partial charge in [-0.05, 0) is 48.1 Å². The second-order valence-corrected chi connectivity index (χ2v) is 8.46. The molecule has 0 bridgehead atoms. The minimum atomic E-state index is -0.442. The maximum atomic E-state index is 13.5. The number of benzene rings is 1. The van der Waals surface area contributed by atoms with Gasteiger partial charge in [0.2, 0.25) is 11.8 Å². The first-order valence-corrected chi connectivity index (χ1v) is 11.5. The highest BCUT2D eigenvalue weighted by atomic mass is 32.1. The second kappa shape index (κ2) is 11.0. The van der Waals surface area contributed by atoms with Crippen molar-refractivity contribution in [3.63, 3.8) is 0 Å². The van der Waals surface area contributed by atoms with Crippen LogP contribution in [0.3, 0.4) is 0 Å². The molecule has 0 N–H and O–H groups in total. The smallest absolute Gasteiger partial charge is 0.306 e. The topological polar surface area (TPSA) is 66.9 Å². The van der Waals surface area contributed by atoms with Crippen molar-refractivity contribution in [1.29, 1.82) is 0 Å². The molecule has 2 heterocycles. The molecule has 0 saturated heterocycles. The van der Waals surface area contributed by atoms with Crippen LogP contribution in [0.1, 0.15) is 41.8 Å². The highest BCUT2D eigenvalue weighted by Crippen LogP contribution is 2.37. The summed E-state index contributed by atoms with van der Waals surface area (Å²) < 4.78 is 18.4. The monoisotopic (exact) mass is 458 g/mol. The first kappa shape index (κ1) is 23.7. The van der Waals surface area contributed by atoms with Crippen LogP contribution in [0.25, 0.3) is 0 Å². The molecule has 1 aromatic heterocycles. The summed E-state index contributed by atoms with van der Waals surface area (Å²) in [7, 11) is 0. The minimum absolute atomic E-state index is 0.0317. The maximum Gasteiger partial charge on any atom is 0.306 e. The Morgan fingerprint density at radius 2 is 2.00 bits per heavy atom. The summed E-state index contributed by atoms with van der Waals surface area (Å²) in [5.74, 6) is -1.29. The zero-order valence-electron chi connectivity index (χ0n) is 18.1. The largest absolute Gasteiger partial charge is 0.466 e. The van der Waals surface area contributed by atoms with Gasteiger partial charge in [0.1, 0.15) is 12.4 Å². The molecule has 1 aliphatic rings. The lowest BCUT2D eigenvalue weighted by atomic mass is 9.93. The fourth-order valence-corrected chi connectivity index (χ4v) is 4.76. The van der Waals surface area contributed by atoms with E-state index in [-0.39, 0.29) is 56.2 Å². The van der Waals surface area contributed by atoms with Crippen LogP contribution < -0.4 is 0 Å². The van der Waals surface area contributed by atoms with E-state index in [1.807, 2.05) is 11.4 Å². The highest BCUT2D eigenvalue weighted by molar-refractivity contribution is 7.10. The van der Waals surface area contributed by atoms with E-state index in [9.17, 15) is 18.8 Å². The molecule has 0 radical (unpaired) electrons. The highest BCUT2D eigenvalue weighted by Gasteiger charge is 2.33. The Hall–Kier alpha value is -3.00. The van der Waals surface area contributed by atoms with Gasteiger partial charge in [-0.15, -0.1) is 17.9 Å². The van der Waals surface area contributed by atoms with E-state index in [0.29, 0.717) is 6.54 Å². The molecule has 2 aromatic rings. The van der Waals surface area contributed by atoms with E-state index < -0.39 is 5.97 Å². The van der Waals surface area contributed by atoms with Crippen LogP contribution in [0, 0.1) is 5.82 Å². The van der Waals surface area contributed by atoms with Crippen LogP contribution in [-0.2, 0) is 25.5 Å². The number of carbonyl (C=O) groups excluding carboxylic acids is 3. The first-order chi connectivity index (χ1) is 15.4. The van der Waals surface area contributed by atoms with Gasteiger partial charge in [-0.3, -0.25) is 14.4 Å². The van der Waals surface area contributed by atoms with E-state index in [2.05, 4.69) is 6.58 Å². The Morgan fingerprint density at radius 3 is 2.69 bits per heavy atom. The zero-order valence-corrected chi connectivity index (χ0v) is 18.9. The van der Waals surface area contributed by atoms with Crippen LogP contribution in [0.2, 0.25) is 0 Å². The lowest BCUT2D eigenvalue weighted by molar-refractivity contribution is -0.146. The second-order valence-electron chi connectivity index (χ2n) is 7.46. The predicted molar refractivity (Wildman–Crippen MR) is 121 cm³/mol. The van der Waals surface area contributed by atoms with Gasteiger partial charge in [0, 0.05) is 24.4 Å². The Kier molecular flexibility index (Phi) is 8.16. The van der Waals surface area contributed by atoms with Gasteiger partial charge >= 0.3 is 5.97 Å². The number of carbonyl (C=O) groups is 3. The van der Waals surface area contributed by atoms with Gasteiger partial charge < -0.3 is 14.5 Å². The molecule has 0 fully saturated rings. The summed E-state index contributed by atoms with van der Waals surface area (Å²) in [5, 5.41) is 2.00. The first-order valence-electron chi connectivity index (χ1n) is 10.6. The molecule has 8 heteroatoms. The number of rotatable bonds is 9. The van der Waals surface area contributed by atoms with E-state index in [4.69, 9.17) is 4.74 Å². The molecule has 1 aromatic carbocycles. The molecule has 6 nitrogen and oxygen atoms in total. The summed E-state index contributed by atoms with van der Waals surface area (Å²) in [6.07, 6.45) is 2.22. The zero-order chi connectivity index (χ0) is 23.1. The predicted octanol–water partition coefficient (Wildman–Crippen LogP) is 3.72. The molecule has 0 saturated carbocycles. The summed E-state index contributed by atoms with van der Waals surface area (Å²) >= 11 is 1.65. The molecule has 170 valence electrons. The Balaban J connectivity index is 1.77. The van der Waals surface area contributed by atoms with Crippen molar-refractivity contribution in [2.24, 2.45) is 0 Å². The number of nitrogens with zero attached hydrogens (tertiary/aromatic N) is 2. The van der Waals surface area contributed by atoms with E-state index >= 15 is 0 Å². The van der Waals surface area contributed by atoms with Crippen LogP contribution in [0.15, 0.2) is 48.4 Å². The van der Waals surface area contributed by atoms with Crippen LogP contribution >= 0.6 is 11.3 Å². The average molecular weight is 459 g/mol. The van der Waals surface area contributed by atoms with Gasteiger partial charge in [0.15, 0.2) is 0 Å². The number of fused-ring (bicyclic) bond motifs is 1. The fraction of sp³-hybridized carbons (Fsp3) is 0.375. The maximum absolute atomic E-state index is 13.5. The van der Waals surface area contributed by atoms with Gasteiger partial charge in [-0.25, -0.2) is 4.39 Å². The van der Waals surface area contributed by atoms with Crippen molar-refractivity contribution in [3.8, 4) is 0 Å². The van der Waals surface area contributed by atoms with Crippen molar-refractivity contribution < 1.29 is 23.5 Å². The van der Waals surface area contributed by atoms with E-state index in [1.54, 1.807) is 41.4 Å². The molecule has 0 spiro atoms. The summed E-state index contributed by atoms with van der Waals surface area (Å²) in [6, 6.07) is 7.83. The average Bonchev–Trinajstić information content (AvgIpc) is 3.26. The third kappa shape index (κ3) is 5.62. The van der Waals surface area contributed by atoms with Crippen molar-refractivity contribution in [2.45, 2.75) is 32.2 Å². The minimum Gasteiger partial charge on any atom is -0.466 e. The molecule has 32 heavy (non-hydrogen) atoms. The quantitative estimate of drug-likeness (QED) is 0.424. The van der Waals surface area contributed by atoms with Gasteiger partial charge in [-0.1, -0.05) is 18.2 Å². The summed E-state index contributed by atoms with van der Waals surface area (Å²) in [6.45, 7) is 6.23. The number of thiophene rings is 1. The van der Waals surface area contributed by atoms with Crippen molar-refractivity contribution in [2.75, 3.05) is 26.2 Å². The van der Waals surface area contributed by atoms with E-state index in [1.165, 1.54) is 21.9 Å². The summed E-state index contributed by atoms with van der Waals surface area (Å²) in [5.41, 5.74) is 1.85. The lowest BCUT2D eigenvalue weighted by Crippen LogP contribution is -2.46. The standard InChI is InChI=1S/C24H27FN2O4S/c1-3-13-26(21(28)9-10-23(30)31-4-2)16-22(29)27-14-11-20-19(12-15-32-20)24(27)17-5-7-18(25)8-6-17/h3,5-8,12,15,24H,1,4,9-11,13-14,16H2,2H3. The molecular formula is C24H27FN2O4S. The van der Waals surface area contributed by atoms with Crippen LogP contribution in [0.5, 0.6) is 0 Å². The molecule has 1 unspecified atom stereocenters. The normalized spacial score (nSPS) is 15.1. The molecule has 0 aliphatic carbocycles. The molecule has 1 atom stereocenters. The molecule has 1 aliphatic heterocycles. The van der Waals surface area contributed by atoms with Gasteiger partial charge in [0.25, 0.3) is 0 Å². The number of esters is 1. The molecule has 2 amide bonds. The third-order valence-corrected chi connectivity index (χ3v) is 6.35. The van der Waals surface area contributed by atoms with Crippen molar-refractivity contribution in [3.05, 3.63) is 70.2 Å². The Labute approximate surface area is 191 Å². The van der Waals surface area contributed by atoms with Crippen LogP contribution in [0.4, 0.5) is 4.39 Å². The van der Waals surface area contributed by atoms with Gasteiger partial charge in [0.05, 0.1) is 19.1 Å². The fourth-order valence-electron chi connectivity index (χ4n) is 3.85. The van der Waals surface area contributed by atoms with Crippen LogP contribution in [-0.4, -0.2) is 53.8 Å². The lowest BCUT2D eigenvalue weighted by Gasteiger charge is -2.37. The SMILES string of the molecule is C=CCN(CC(=O)N1CCc2sccc2C1c1ccc(F)cc1)C(=O)CCC(=O)OCC. The number of hydrogen-bond donors (Lipinski definition) is 0. The Bertz CT molecular complexity index is 973. The third-order valence-electron chi connectivity index (χ3n) is 5.35. The number of amides is 2. The Morgan fingerprint density at radius 1 is 1.25 bits per heavy atom. The number of ether oxygens (including phenoxy) is 1. The molecular weight excluding hydrogens is 431 g/mol. The number of hydrogen-bond acceptors (Lipinski definition) is 5. The molecule has 3 rings (SSSR count). The van der Waals surface area contributed by atoms with Crippen molar-refractivity contribution in [1.82, 2.24) is 9.80 Å². The van der Waals surface area contributed by atoms with Crippen molar-refractivity contribution >= 4 is 29.1 Å². The van der Waals surface area contributed by atoms with E-state index in [0.717, 1.165) is 17.5 Å². The van der Waals surface area contributed by atoms with Gasteiger partial charge in [-0.2, -0.15) is 0 Å².